The zero-order valence-electron chi connectivity index (χ0n) is 11.7. The van der Waals surface area contributed by atoms with Crippen molar-refractivity contribution in [2.45, 2.75) is 57.9 Å². The lowest BCUT2D eigenvalue weighted by Gasteiger charge is -2.41. The van der Waals surface area contributed by atoms with Gasteiger partial charge in [0.1, 0.15) is 0 Å². The second-order valence-corrected chi connectivity index (χ2v) is 6.52. The van der Waals surface area contributed by atoms with E-state index >= 15 is 0 Å². The Labute approximate surface area is 118 Å². The molecule has 1 aromatic rings. The van der Waals surface area contributed by atoms with Gasteiger partial charge in [-0.25, -0.2) is 0 Å². The highest BCUT2D eigenvalue weighted by molar-refractivity contribution is 9.10. The van der Waals surface area contributed by atoms with Crippen LogP contribution in [0.3, 0.4) is 0 Å². The molecule has 3 nitrogen and oxygen atoms in total. The van der Waals surface area contributed by atoms with E-state index in [1.165, 1.54) is 31.4 Å². The molecule has 18 heavy (non-hydrogen) atoms. The number of hydrogen-bond acceptors (Lipinski definition) is 2. The van der Waals surface area contributed by atoms with Crippen molar-refractivity contribution >= 4 is 15.9 Å². The summed E-state index contributed by atoms with van der Waals surface area (Å²) < 4.78 is 3.12. The van der Waals surface area contributed by atoms with Crippen LogP contribution in [0.2, 0.25) is 0 Å². The first kappa shape index (κ1) is 14.1. The Morgan fingerprint density at radius 3 is 2.78 bits per heavy atom. The van der Waals surface area contributed by atoms with Crippen LogP contribution in [0.4, 0.5) is 0 Å². The predicted molar refractivity (Wildman–Crippen MR) is 78.5 cm³/mol. The Morgan fingerprint density at radius 1 is 1.50 bits per heavy atom. The molecule has 2 unspecified atom stereocenters. The number of nitrogens with zero attached hydrogens (tertiary/aromatic N) is 2. The quantitative estimate of drug-likeness (QED) is 0.930. The van der Waals surface area contributed by atoms with Crippen molar-refractivity contribution in [3.8, 4) is 0 Å². The molecule has 1 heterocycles. The summed E-state index contributed by atoms with van der Waals surface area (Å²) in [5.74, 6) is 0.647. The van der Waals surface area contributed by atoms with E-state index < -0.39 is 0 Å². The minimum absolute atomic E-state index is 0.0459. The molecule has 0 radical (unpaired) electrons. The van der Waals surface area contributed by atoms with Crippen LogP contribution in [0, 0.1) is 12.8 Å². The van der Waals surface area contributed by atoms with Crippen molar-refractivity contribution in [2.24, 2.45) is 18.7 Å². The van der Waals surface area contributed by atoms with Crippen LogP contribution in [0.1, 0.15) is 50.4 Å². The van der Waals surface area contributed by atoms with E-state index in [-0.39, 0.29) is 5.54 Å². The number of hydrogen-bond donors (Lipinski definition) is 1. The molecule has 0 aromatic carbocycles. The second-order valence-electron chi connectivity index (χ2n) is 5.73. The molecule has 2 rings (SSSR count). The van der Waals surface area contributed by atoms with Crippen LogP contribution in [0.25, 0.3) is 0 Å². The molecule has 1 fully saturated rings. The molecule has 0 spiro atoms. The number of nitrogens with two attached hydrogens (primary N) is 1. The Bertz CT molecular complexity index is 427. The lowest BCUT2D eigenvalue weighted by molar-refractivity contribution is 0.179. The van der Waals surface area contributed by atoms with Crippen LogP contribution in [0.15, 0.2) is 4.47 Å². The summed E-state index contributed by atoms with van der Waals surface area (Å²) in [7, 11) is 2.01. The first-order valence-electron chi connectivity index (χ1n) is 6.95. The molecule has 2 N–H and O–H groups in total. The molecule has 0 bridgehead atoms. The number of halogens is 1. The summed E-state index contributed by atoms with van der Waals surface area (Å²) in [5, 5.41) is 4.47. The Morgan fingerprint density at radius 2 is 2.22 bits per heavy atom. The van der Waals surface area contributed by atoms with Gasteiger partial charge < -0.3 is 5.73 Å². The molecule has 0 saturated heterocycles. The molecular formula is C14H24BrN3. The van der Waals surface area contributed by atoms with Gasteiger partial charge in [0.2, 0.25) is 0 Å². The van der Waals surface area contributed by atoms with Crippen LogP contribution in [-0.2, 0) is 13.5 Å². The maximum Gasteiger partial charge on any atom is 0.0738 e. The van der Waals surface area contributed by atoms with Crippen LogP contribution in [-0.4, -0.2) is 15.3 Å². The Balaban J connectivity index is 2.25. The maximum absolute atomic E-state index is 6.73. The standard InChI is InChI=1S/C14H24BrN3/c1-4-11-7-5-6-8-14(11,16)9-12-13(15)10(2)17-18(12)3/h11H,4-9,16H2,1-3H3. The highest BCUT2D eigenvalue weighted by Gasteiger charge is 2.37. The van der Waals surface area contributed by atoms with E-state index in [0.29, 0.717) is 5.92 Å². The van der Waals surface area contributed by atoms with E-state index in [2.05, 4.69) is 28.0 Å². The van der Waals surface area contributed by atoms with Crippen molar-refractivity contribution in [3.63, 3.8) is 0 Å². The van der Waals surface area contributed by atoms with Crippen molar-refractivity contribution in [2.75, 3.05) is 0 Å². The van der Waals surface area contributed by atoms with E-state index in [0.717, 1.165) is 23.0 Å². The minimum atomic E-state index is -0.0459. The summed E-state index contributed by atoms with van der Waals surface area (Å²) in [6.45, 7) is 4.30. The normalized spacial score (nSPS) is 28.6. The highest BCUT2D eigenvalue weighted by Crippen LogP contribution is 2.37. The fraction of sp³-hybridized carbons (Fsp3) is 0.786. The Kier molecular flexibility index (Phi) is 4.17. The van der Waals surface area contributed by atoms with Crippen molar-refractivity contribution in [3.05, 3.63) is 15.9 Å². The molecule has 1 aliphatic carbocycles. The van der Waals surface area contributed by atoms with Gasteiger partial charge in [0.15, 0.2) is 0 Å². The summed E-state index contributed by atoms with van der Waals surface area (Å²) in [5.41, 5.74) is 8.99. The first-order valence-corrected chi connectivity index (χ1v) is 7.74. The van der Waals surface area contributed by atoms with Gasteiger partial charge >= 0.3 is 0 Å². The van der Waals surface area contributed by atoms with Gasteiger partial charge in [-0.3, -0.25) is 4.68 Å². The lowest BCUT2D eigenvalue weighted by atomic mass is 9.70. The molecule has 1 aromatic heterocycles. The molecule has 0 aliphatic heterocycles. The third-order valence-corrected chi connectivity index (χ3v) is 5.54. The fourth-order valence-corrected chi connectivity index (χ4v) is 3.84. The summed E-state index contributed by atoms with van der Waals surface area (Å²) >= 11 is 3.65. The highest BCUT2D eigenvalue weighted by atomic mass is 79.9. The SMILES string of the molecule is CCC1CCCCC1(N)Cc1c(Br)c(C)nn1C. The number of aryl methyl sites for hydroxylation is 2. The first-order chi connectivity index (χ1) is 8.48. The number of aromatic nitrogens is 2. The van der Waals surface area contributed by atoms with Crippen molar-refractivity contribution < 1.29 is 0 Å². The van der Waals surface area contributed by atoms with Gasteiger partial charge in [-0.05, 0) is 41.6 Å². The summed E-state index contributed by atoms with van der Waals surface area (Å²) in [6, 6.07) is 0. The average molecular weight is 314 g/mol. The second kappa shape index (κ2) is 5.33. The largest absolute Gasteiger partial charge is 0.324 e. The van der Waals surface area contributed by atoms with Gasteiger partial charge in [-0.15, -0.1) is 0 Å². The van der Waals surface area contributed by atoms with Gasteiger partial charge in [0.25, 0.3) is 0 Å². The molecule has 1 saturated carbocycles. The predicted octanol–water partition coefficient (Wildman–Crippen LogP) is 3.33. The molecule has 102 valence electrons. The third-order valence-electron chi connectivity index (χ3n) is 4.51. The minimum Gasteiger partial charge on any atom is -0.324 e. The molecule has 0 amide bonds. The zero-order chi connectivity index (χ0) is 13.3. The van der Waals surface area contributed by atoms with Gasteiger partial charge in [0.05, 0.1) is 15.9 Å². The average Bonchev–Trinajstić information content (AvgIpc) is 2.56. The van der Waals surface area contributed by atoms with Crippen molar-refractivity contribution in [1.29, 1.82) is 0 Å². The fourth-order valence-electron chi connectivity index (χ4n) is 3.36. The lowest BCUT2D eigenvalue weighted by Crippen LogP contribution is -2.51. The molecule has 2 atom stereocenters. The van der Waals surface area contributed by atoms with E-state index in [1.807, 2.05) is 18.7 Å². The van der Waals surface area contributed by atoms with Crippen LogP contribution >= 0.6 is 15.9 Å². The molecule has 4 heteroatoms. The number of rotatable bonds is 3. The topological polar surface area (TPSA) is 43.8 Å². The van der Waals surface area contributed by atoms with Crippen LogP contribution < -0.4 is 5.73 Å². The third kappa shape index (κ3) is 2.50. The monoisotopic (exact) mass is 313 g/mol. The smallest absolute Gasteiger partial charge is 0.0738 e. The van der Waals surface area contributed by atoms with Crippen molar-refractivity contribution in [1.82, 2.24) is 9.78 Å². The van der Waals surface area contributed by atoms with Crippen LogP contribution in [0.5, 0.6) is 0 Å². The maximum atomic E-state index is 6.73. The van der Waals surface area contributed by atoms with Gasteiger partial charge in [-0.1, -0.05) is 26.2 Å². The van der Waals surface area contributed by atoms with Gasteiger partial charge in [-0.2, -0.15) is 5.10 Å². The molecular weight excluding hydrogens is 290 g/mol. The van der Waals surface area contributed by atoms with E-state index in [9.17, 15) is 0 Å². The summed E-state index contributed by atoms with van der Waals surface area (Å²) in [6.07, 6.45) is 7.14. The Hall–Kier alpha value is -0.350. The molecule has 1 aliphatic rings. The summed E-state index contributed by atoms with van der Waals surface area (Å²) in [4.78, 5) is 0. The van der Waals surface area contributed by atoms with E-state index in [4.69, 9.17) is 5.73 Å². The van der Waals surface area contributed by atoms with Gasteiger partial charge in [0, 0.05) is 19.0 Å². The zero-order valence-corrected chi connectivity index (χ0v) is 13.3. The van der Waals surface area contributed by atoms with E-state index in [1.54, 1.807) is 0 Å².